The molecule has 1 aliphatic carbocycles. The van der Waals surface area contributed by atoms with Crippen LogP contribution in [0.1, 0.15) is 6.92 Å². The minimum atomic E-state index is -0.0394. The Morgan fingerprint density at radius 3 is 2.12 bits per heavy atom. The highest BCUT2D eigenvalue weighted by Gasteiger charge is 2.22. The molecule has 1 aliphatic rings. The summed E-state index contributed by atoms with van der Waals surface area (Å²) >= 11 is 0. The van der Waals surface area contributed by atoms with Crippen molar-refractivity contribution < 1.29 is 4.79 Å². The van der Waals surface area contributed by atoms with Crippen LogP contribution >= 0.6 is 0 Å². The maximum atomic E-state index is 10.4. The first-order valence-corrected chi connectivity index (χ1v) is 2.20. The van der Waals surface area contributed by atoms with Crippen LogP contribution in [0.25, 0.3) is 0 Å². The van der Waals surface area contributed by atoms with Crippen LogP contribution in [0.4, 0.5) is 0 Å². The van der Waals surface area contributed by atoms with E-state index in [1.165, 1.54) is 6.92 Å². The van der Waals surface area contributed by atoms with E-state index in [-0.39, 0.29) is 5.78 Å². The summed E-state index contributed by atoms with van der Waals surface area (Å²) in [5.41, 5.74) is 0. The average Bonchev–Trinajstić information content (AvgIpc) is 2.12. The van der Waals surface area contributed by atoms with Crippen LogP contribution in [0.15, 0.2) is 0 Å². The summed E-state index contributed by atoms with van der Waals surface area (Å²) in [6.07, 6.45) is 10.1. The van der Waals surface area contributed by atoms with E-state index >= 15 is 0 Å². The lowest BCUT2D eigenvalue weighted by Gasteiger charge is -1.95. The molecule has 0 aromatic rings. The third kappa shape index (κ3) is 1.09. The Labute approximate surface area is 50.1 Å². The zero-order valence-corrected chi connectivity index (χ0v) is 4.41. The highest BCUT2D eigenvalue weighted by Crippen LogP contribution is 2.22. The average molecular weight is 103 g/mol. The molecule has 1 nitrogen and oxygen atoms in total. The third-order valence-corrected chi connectivity index (χ3v) is 0.790. The first-order chi connectivity index (χ1) is 3.80. The van der Waals surface area contributed by atoms with Crippen LogP contribution in [-0.2, 0) is 4.79 Å². The Balaban J connectivity index is 2.35. The molecule has 0 amide bonds. The Bertz CT molecular complexity index is 90.6. The van der Waals surface area contributed by atoms with Crippen LogP contribution in [0.2, 0.25) is 0 Å². The first-order valence-electron chi connectivity index (χ1n) is 2.20. The number of carbonyl (C=O) groups is 1. The van der Waals surface area contributed by atoms with E-state index in [1.807, 2.05) is 0 Å². The first kappa shape index (κ1) is 5.80. The zero-order valence-electron chi connectivity index (χ0n) is 4.41. The van der Waals surface area contributed by atoms with E-state index in [2.05, 4.69) is 25.7 Å². The van der Waals surface area contributed by atoms with Gasteiger partial charge in [0.05, 0.1) is 5.92 Å². The molecule has 1 saturated carbocycles. The van der Waals surface area contributed by atoms with Crippen molar-refractivity contribution in [2.75, 3.05) is 0 Å². The minimum absolute atomic E-state index is 0.0394. The number of hydrogen-bond acceptors (Lipinski definition) is 1. The Kier molecular flexibility index (Phi) is 1.66. The standard InChI is InChI=1S/C7H3O/c1-6(8)7-4-2-3-5-7/h1H3. The second-order valence-electron chi connectivity index (χ2n) is 1.43. The summed E-state index contributed by atoms with van der Waals surface area (Å²) in [4.78, 5) is 10.4. The molecule has 0 saturated heterocycles. The number of ketones is 1. The van der Waals surface area contributed by atoms with Crippen molar-refractivity contribution in [2.24, 2.45) is 0 Å². The van der Waals surface area contributed by atoms with Crippen LogP contribution in [0.5, 0.6) is 0 Å². The van der Waals surface area contributed by atoms with Crippen molar-refractivity contribution in [1.82, 2.24) is 0 Å². The maximum absolute atomic E-state index is 10.4. The van der Waals surface area contributed by atoms with Gasteiger partial charge in [-0.05, 0) is 6.92 Å². The molecule has 0 N–H and O–H groups in total. The molecule has 0 aromatic heterocycles. The quantitative estimate of drug-likeness (QED) is 0.472. The lowest BCUT2D eigenvalue weighted by Crippen LogP contribution is -2.02. The molecule has 0 spiro atoms. The normalized spacial score (nSPS) is 21.6. The second kappa shape index (κ2) is 2.29. The number of carbonyl (C=O) groups excluding carboxylic acids is 1. The highest BCUT2D eigenvalue weighted by molar-refractivity contribution is 5.95. The largest absolute Gasteiger partial charge is 0.299 e. The van der Waals surface area contributed by atoms with Gasteiger partial charge in [0.25, 0.3) is 0 Å². The fourth-order valence-corrected chi connectivity index (χ4v) is 0.395. The van der Waals surface area contributed by atoms with E-state index in [4.69, 9.17) is 0 Å². The van der Waals surface area contributed by atoms with Gasteiger partial charge in [0.15, 0.2) is 0 Å². The lowest BCUT2D eigenvalue weighted by molar-refractivity contribution is -0.114. The predicted octanol–water partition coefficient (Wildman–Crippen LogP) is 0.489. The van der Waals surface area contributed by atoms with Gasteiger partial charge in [-0.1, -0.05) is 0 Å². The van der Waals surface area contributed by atoms with Gasteiger partial charge in [0.2, 0.25) is 0 Å². The van der Waals surface area contributed by atoms with Gasteiger partial charge in [-0.2, -0.15) is 0 Å². The van der Waals surface area contributed by atoms with Gasteiger partial charge in [0.1, 0.15) is 5.78 Å². The van der Waals surface area contributed by atoms with E-state index in [0.29, 0.717) is 5.92 Å². The molecule has 37 valence electrons. The van der Waals surface area contributed by atoms with Crippen molar-refractivity contribution in [3.05, 3.63) is 31.6 Å². The van der Waals surface area contributed by atoms with Gasteiger partial charge >= 0.3 is 0 Å². The van der Waals surface area contributed by atoms with Crippen molar-refractivity contribution >= 4 is 5.78 Å². The van der Waals surface area contributed by atoms with Crippen LogP contribution in [0, 0.1) is 31.6 Å². The van der Waals surface area contributed by atoms with Crippen LogP contribution < -0.4 is 0 Å². The van der Waals surface area contributed by atoms with Crippen molar-refractivity contribution in [3.63, 3.8) is 0 Å². The maximum Gasteiger partial charge on any atom is 0.138 e. The van der Waals surface area contributed by atoms with E-state index < -0.39 is 0 Å². The molecule has 0 atom stereocenters. The van der Waals surface area contributed by atoms with Crippen LogP contribution in [-0.4, -0.2) is 5.78 Å². The molecular formula is C7H3O. The second-order valence-corrected chi connectivity index (χ2v) is 1.43. The van der Waals surface area contributed by atoms with Gasteiger partial charge in [-0.25, -0.2) is 0 Å². The molecule has 1 fully saturated rings. The molecule has 1 heteroatoms. The van der Waals surface area contributed by atoms with E-state index in [9.17, 15) is 4.79 Å². The fourth-order valence-electron chi connectivity index (χ4n) is 0.395. The van der Waals surface area contributed by atoms with Gasteiger partial charge in [-0.15, -0.1) is 0 Å². The molecule has 0 aromatic carbocycles. The summed E-state index contributed by atoms with van der Waals surface area (Å²) in [6, 6.07) is 0. The zero-order chi connectivity index (χ0) is 5.98. The molecule has 0 unspecified atom stereocenters. The van der Waals surface area contributed by atoms with Crippen LogP contribution in [0.3, 0.4) is 0 Å². The molecule has 0 bridgehead atoms. The van der Waals surface area contributed by atoms with Gasteiger partial charge < -0.3 is 0 Å². The SMILES string of the molecule is CC(=O)[C]1[C][C][C][C]1. The van der Waals surface area contributed by atoms with Gasteiger partial charge in [-0.3, -0.25) is 4.79 Å². The van der Waals surface area contributed by atoms with Gasteiger partial charge in [0, 0.05) is 25.7 Å². The van der Waals surface area contributed by atoms with Crippen molar-refractivity contribution in [1.29, 1.82) is 0 Å². The summed E-state index contributed by atoms with van der Waals surface area (Å²) in [7, 11) is 0. The Hall–Kier alpha value is -0.330. The Morgan fingerprint density at radius 1 is 1.38 bits per heavy atom. The fraction of sp³-hybridized carbons (Fsp3) is 0.143. The summed E-state index contributed by atoms with van der Waals surface area (Å²) in [5, 5.41) is 0. The molecule has 8 heavy (non-hydrogen) atoms. The predicted molar refractivity (Wildman–Crippen MR) is 26.9 cm³/mol. The summed E-state index contributed by atoms with van der Waals surface area (Å²) < 4.78 is 0. The third-order valence-electron chi connectivity index (χ3n) is 0.790. The minimum Gasteiger partial charge on any atom is -0.299 e. The topological polar surface area (TPSA) is 17.1 Å². The number of rotatable bonds is 1. The Morgan fingerprint density at radius 2 is 1.88 bits per heavy atom. The molecule has 1 rings (SSSR count). The summed E-state index contributed by atoms with van der Waals surface area (Å²) in [6.45, 7) is 1.46. The molecule has 9 radical (unpaired) electrons. The molecule has 0 heterocycles. The highest BCUT2D eigenvalue weighted by atomic mass is 16.1. The van der Waals surface area contributed by atoms with Crippen molar-refractivity contribution in [2.45, 2.75) is 6.92 Å². The monoisotopic (exact) mass is 103 g/mol. The smallest absolute Gasteiger partial charge is 0.138 e. The number of hydrogen-bond donors (Lipinski definition) is 0. The molecular weight excluding hydrogens is 100 g/mol. The summed E-state index contributed by atoms with van der Waals surface area (Å²) in [5.74, 6) is 0.396. The van der Waals surface area contributed by atoms with E-state index in [1.54, 1.807) is 0 Å². The van der Waals surface area contributed by atoms with E-state index in [0.717, 1.165) is 0 Å². The number of Topliss-reactive ketones (excluding diaryl/α,β-unsaturated/α-hetero) is 1. The molecule has 0 aliphatic heterocycles. The lowest BCUT2D eigenvalue weighted by atomic mass is 10.0. The van der Waals surface area contributed by atoms with Crippen molar-refractivity contribution in [3.8, 4) is 0 Å².